The van der Waals surface area contributed by atoms with Crippen molar-refractivity contribution < 1.29 is 9.53 Å². The quantitative estimate of drug-likeness (QED) is 0.775. The van der Waals surface area contributed by atoms with Crippen molar-refractivity contribution in [3.63, 3.8) is 0 Å². The molecule has 0 aliphatic carbocycles. The smallest absolute Gasteiger partial charge is 0.274 e. The first kappa shape index (κ1) is 12.1. The van der Waals surface area contributed by atoms with Crippen molar-refractivity contribution in [2.75, 3.05) is 13.1 Å². The molecule has 17 heavy (non-hydrogen) atoms. The van der Waals surface area contributed by atoms with Gasteiger partial charge in [-0.1, -0.05) is 0 Å². The average molecular weight is 237 g/mol. The van der Waals surface area contributed by atoms with Gasteiger partial charge in [0.2, 0.25) is 0 Å². The van der Waals surface area contributed by atoms with E-state index in [1.807, 2.05) is 31.9 Å². The molecule has 0 N–H and O–H groups in total. The third-order valence-electron chi connectivity index (χ3n) is 2.89. The Kier molecular flexibility index (Phi) is 3.47. The zero-order chi connectivity index (χ0) is 12.4. The number of hydrogen-bond acceptors (Lipinski definition) is 3. The number of rotatable bonds is 2. The SMILES string of the molecule is CCn1ccc(C(=O)N2C[C@@H](C)O[C@@H](C)C2)n1. The second kappa shape index (κ2) is 4.87. The van der Waals surface area contributed by atoms with Gasteiger partial charge in [0.05, 0.1) is 12.2 Å². The Morgan fingerprint density at radius 1 is 1.47 bits per heavy atom. The fourth-order valence-corrected chi connectivity index (χ4v) is 2.16. The van der Waals surface area contributed by atoms with Gasteiger partial charge in [-0.25, -0.2) is 0 Å². The molecule has 0 saturated carbocycles. The monoisotopic (exact) mass is 237 g/mol. The lowest BCUT2D eigenvalue weighted by molar-refractivity contribution is -0.0587. The number of carbonyl (C=O) groups is 1. The molecule has 94 valence electrons. The molecule has 2 heterocycles. The van der Waals surface area contributed by atoms with Crippen LogP contribution in [0.25, 0.3) is 0 Å². The molecule has 0 radical (unpaired) electrons. The molecule has 2 rings (SSSR count). The van der Waals surface area contributed by atoms with Crippen LogP contribution in [0.5, 0.6) is 0 Å². The van der Waals surface area contributed by atoms with Gasteiger partial charge >= 0.3 is 0 Å². The highest BCUT2D eigenvalue weighted by Crippen LogP contribution is 2.13. The summed E-state index contributed by atoms with van der Waals surface area (Å²) in [6, 6.07) is 1.77. The molecular formula is C12H19N3O2. The molecule has 0 unspecified atom stereocenters. The first-order valence-electron chi connectivity index (χ1n) is 6.08. The van der Waals surface area contributed by atoms with E-state index in [4.69, 9.17) is 4.74 Å². The molecule has 1 aliphatic rings. The fraction of sp³-hybridized carbons (Fsp3) is 0.667. The highest BCUT2D eigenvalue weighted by atomic mass is 16.5. The van der Waals surface area contributed by atoms with Crippen molar-refractivity contribution in [1.29, 1.82) is 0 Å². The Bertz CT molecular complexity index is 392. The second-order valence-electron chi connectivity index (χ2n) is 4.52. The van der Waals surface area contributed by atoms with Gasteiger partial charge in [-0.05, 0) is 26.8 Å². The number of nitrogens with zero attached hydrogens (tertiary/aromatic N) is 3. The minimum atomic E-state index is -0.000741. The lowest BCUT2D eigenvalue weighted by Crippen LogP contribution is -2.48. The lowest BCUT2D eigenvalue weighted by atomic mass is 10.2. The van der Waals surface area contributed by atoms with Gasteiger partial charge in [0.15, 0.2) is 0 Å². The summed E-state index contributed by atoms with van der Waals surface area (Å²) in [7, 11) is 0. The molecular weight excluding hydrogens is 218 g/mol. The van der Waals surface area contributed by atoms with Gasteiger partial charge in [0.1, 0.15) is 5.69 Å². The summed E-state index contributed by atoms with van der Waals surface area (Å²) in [5.74, 6) is -0.000741. The van der Waals surface area contributed by atoms with Crippen molar-refractivity contribution in [2.24, 2.45) is 0 Å². The van der Waals surface area contributed by atoms with E-state index in [1.54, 1.807) is 10.7 Å². The number of amides is 1. The lowest BCUT2D eigenvalue weighted by Gasteiger charge is -2.34. The molecule has 1 aromatic heterocycles. The van der Waals surface area contributed by atoms with Gasteiger partial charge < -0.3 is 9.64 Å². The van der Waals surface area contributed by atoms with Gasteiger partial charge in [-0.15, -0.1) is 0 Å². The predicted octanol–water partition coefficient (Wildman–Crippen LogP) is 1.15. The van der Waals surface area contributed by atoms with E-state index in [9.17, 15) is 4.79 Å². The van der Waals surface area contributed by atoms with Crippen LogP contribution in [0.2, 0.25) is 0 Å². The Balaban J connectivity index is 2.08. The predicted molar refractivity (Wildman–Crippen MR) is 63.8 cm³/mol. The molecule has 1 aromatic rings. The van der Waals surface area contributed by atoms with Crippen molar-refractivity contribution in [3.8, 4) is 0 Å². The number of aromatic nitrogens is 2. The van der Waals surface area contributed by atoms with Crippen LogP contribution < -0.4 is 0 Å². The van der Waals surface area contributed by atoms with Crippen LogP contribution in [0.15, 0.2) is 12.3 Å². The van der Waals surface area contributed by atoms with E-state index in [0.29, 0.717) is 18.8 Å². The third kappa shape index (κ3) is 2.66. The largest absolute Gasteiger partial charge is 0.372 e. The Labute approximate surface area is 101 Å². The molecule has 0 aromatic carbocycles. The molecule has 1 aliphatic heterocycles. The molecule has 1 saturated heterocycles. The first-order valence-corrected chi connectivity index (χ1v) is 6.08. The third-order valence-corrected chi connectivity index (χ3v) is 2.89. The van der Waals surface area contributed by atoms with E-state index >= 15 is 0 Å². The van der Waals surface area contributed by atoms with E-state index in [1.165, 1.54) is 0 Å². The van der Waals surface area contributed by atoms with Gasteiger partial charge in [-0.3, -0.25) is 9.48 Å². The van der Waals surface area contributed by atoms with Crippen LogP contribution in [-0.2, 0) is 11.3 Å². The van der Waals surface area contributed by atoms with Crippen LogP contribution in [0, 0.1) is 0 Å². The Hall–Kier alpha value is -1.36. The van der Waals surface area contributed by atoms with Gasteiger partial charge in [0, 0.05) is 25.8 Å². The number of carbonyl (C=O) groups excluding carboxylic acids is 1. The van der Waals surface area contributed by atoms with E-state index in [-0.39, 0.29) is 18.1 Å². The summed E-state index contributed by atoms with van der Waals surface area (Å²) < 4.78 is 7.37. The summed E-state index contributed by atoms with van der Waals surface area (Å²) >= 11 is 0. The summed E-state index contributed by atoms with van der Waals surface area (Å²) in [5, 5.41) is 4.24. The summed E-state index contributed by atoms with van der Waals surface area (Å²) in [6.07, 6.45) is 2.02. The molecule has 1 fully saturated rings. The molecule has 2 atom stereocenters. The topological polar surface area (TPSA) is 47.4 Å². The Morgan fingerprint density at radius 3 is 2.65 bits per heavy atom. The Morgan fingerprint density at radius 2 is 2.12 bits per heavy atom. The zero-order valence-corrected chi connectivity index (χ0v) is 10.6. The van der Waals surface area contributed by atoms with E-state index in [0.717, 1.165) is 6.54 Å². The maximum atomic E-state index is 12.2. The number of ether oxygens (including phenoxy) is 1. The van der Waals surface area contributed by atoms with Gasteiger partial charge in [0.25, 0.3) is 5.91 Å². The van der Waals surface area contributed by atoms with Crippen molar-refractivity contribution in [3.05, 3.63) is 18.0 Å². The number of aryl methyl sites for hydroxylation is 1. The maximum absolute atomic E-state index is 12.2. The van der Waals surface area contributed by atoms with E-state index in [2.05, 4.69) is 5.10 Å². The van der Waals surface area contributed by atoms with Crippen molar-refractivity contribution >= 4 is 5.91 Å². The standard InChI is InChI=1S/C12H19N3O2/c1-4-15-6-5-11(13-15)12(16)14-7-9(2)17-10(3)8-14/h5-6,9-10H,4,7-8H2,1-3H3/t9-,10+. The summed E-state index contributed by atoms with van der Waals surface area (Å²) in [6.45, 7) is 8.04. The van der Waals surface area contributed by atoms with Gasteiger partial charge in [-0.2, -0.15) is 5.10 Å². The first-order chi connectivity index (χ1) is 8.10. The highest BCUT2D eigenvalue weighted by molar-refractivity contribution is 5.92. The van der Waals surface area contributed by atoms with Crippen LogP contribution in [0.4, 0.5) is 0 Å². The van der Waals surface area contributed by atoms with Crippen LogP contribution >= 0.6 is 0 Å². The minimum Gasteiger partial charge on any atom is -0.372 e. The molecule has 5 nitrogen and oxygen atoms in total. The normalized spacial score (nSPS) is 25.0. The summed E-state index contributed by atoms with van der Waals surface area (Å²) in [5.41, 5.74) is 0.521. The second-order valence-corrected chi connectivity index (χ2v) is 4.52. The molecule has 0 spiro atoms. The molecule has 5 heteroatoms. The maximum Gasteiger partial charge on any atom is 0.274 e. The minimum absolute atomic E-state index is 0.000741. The van der Waals surface area contributed by atoms with Crippen molar-refractivity contribution in [1.82, 2.24) is 14.7 Å². The van der Waals surface area contributed by atoms with Crippen LogP contribution in [-0.4, -0.2) is 45.9 Å². The average Bonchev–Trinajstić information content (AvgIpc) is 2.75. The summed E-state index contributed by atoms with van der Waals surface area (Å²) in [4.78, 5) is 14.0. The fourth-order valence-electron chi connectivity index (χ4n) is 2.16. The van der Waals surface area contributed by atoms with Crippen molar-refractivity contribution in [2.45, 2.75) is 39.5 Å². The zero-order valence-electron chi connectivity index (χ0n) is 10.6. The van der Waals surface area contributed by atoms with Crippen LogP contribution in [0.1, 0.15) is 31.3 Å². The van der Waals surface area contributed by atoms with Crippen LogP contribution in [0.3, 0.4) is 0 Å². The highest BCUT2D eigenvalue weighted by Gasteiger charge is 2.27. The molecule has 0 bridgehead atoms. The number of morpholine rings is 1. The van der Waals surface area contributed by atoms with E-state index < -0.39 is 0 Å². The molecule has 1 amide bonds. The number of hydrogen-bond donors (Lipinski definition) is 0.